The van der Waals surface area contributed by atoms with Crippen LogP contribution in [0.15, 0.2) is 53.9 Å². The third-order valence-corrected chi connectivity index (χ3v) is 4.99. The highest BCUT2D eigenvalue weighted by Gasteiger charge is 2.21. The Labute approximate surface area is 171 Å². The number of hydrogen-bond acceptors (Lipinski definition) is 6. The first-order chi connectivity index (χ1) is 13.8. The molecule has 0 fully saturated rings. The highest BCUT2D eigenvalue weighted by Crippen LogP contribution is 2.24. The number of rotatable bonds is 6. The number of nitrogens with one attached hydrogen (secondary N) is 1. The second kappa shape index (κ2) is 8.66. The molecule has 3 rings (SSSR count). The van der Waals surface area contributed by atoms with E-state index in [0.29, 0.717) is 16.3 Å². The number of thiazole rings is 1. The number of ether oxygens (including phenoxy) is 1. The van der Waals surface area contributed by atoms with Gasteiger partial charge < -0.3 is 15.8 Å². The molecule has 8 heteroatoms. The molecular weight excluding hydrogens is 390 g/mol. The van der Waals surface area contributed by atoms with E-state index in [1.807, 2.05) is 31.2 Å². The zero-order valence-corrected chi connectivity index (χ0v) is 16.7. The van der Waals surface area contributed by atoms with Crippen molar-refractivity contribution in [2.75, 3.05) is 5.32 Å². The Hall–Kier alpha value is -3.52. The first-order valence-electron chi connectivity index (χ1n) is 8.78. The minimum absolute atomic E-state index is 0.149. The predicted molar refractivity (Wildman–Crippen MR) is 111 cm³/mol. The fraction of sp³-hybridized carbons (Fsp3) is 0.143. The van der Waals surface area contributed by atoms with Gasteiger partial charge in [-0.2, -0.15) is 0 Å². The van der Waals surface area contributed by atoms with Gasteiger partial charge in [0.15, 0.2) is 11.8 Å². The predicted octanol–water partition coefficient (Wildman–Crippen LogP) is 3.40. The number of nitrogens with two attached hydrogens (primary N) is 1. The average molecular weight is 409 g/mol. The summed E-state index contributed by atoms with van der Waals surface area (Å²) in [5, 5.41) is 4.91. The molecule has 2 amide bonds. The van der Waals surface area contributed by atoms with Crippen LogP contribution in [0.3, 0.4) is 0 Å². The highest BCUT2D eigenvalue weighted by molar-refractivity contribution is 7.13. The van der Waals surface area contributed by atoms with Gasteiger partial charge in [-0.3, -0.25) is 9.59 Å². The molecular formula is C21H19N3O4S. The van der Waals surface area contributed by atoms with E-state index in [9.17, 15) is 14.4 Å². The monoisotopic (exact) mass is 409 g/mol. The molecule has 2 aromatic carbocycles. The lowest BCUT2D eigenvalue weighted by Crippen LogP contribution is -2.30. The molecule has 1 atom stereocenters. The highest BCUT2D eigenvalue weighted by atomic mass is 32.1. The van der Waals surface area contributed by atoms with Gasteiger partial charge in [-0.15, -0.1) is 11.3 Å². The lowest BCUT2D eigenvalue weighted by molar-refractivity contribution is -0.123. The molecule has 29 heavy (non-hydrogen) atoms. The summed E-state index contributed by atoms with van der Waals surface area (Å²) in [6.45, 7) is 3.46. The summed E-state index contributed by atoms with van der Waals surface area (Å²) in [4.78, 5) is 40.0. The smallest absolute Gasteiger partial charge is 0.358 e. The van der Waals surface area contributed by atoms with Crippen LogP contribution in [0.2, 0.25) is 0 Å². The van der Waals surface area contributed by atoms with Crippen molar-refractivity contribution in [1.29, 1.82) is 0 Å². The molecule has 0 aliphatic carbocycles. The molecule has 1 aromatic heterocycles. The van der Waals surface area contributed by atoms with E-state index in [1.54, 1.807) is 17.5 Å². The number of amides is 2. The third-order valence-electron chi connectivity index (χ3n) is 4.10. The normalized spacial score (nSPS) is 11.5. The summed E-state index contributed by atoms with van der Waals surface area (Å²) in [7, 11) is 0. The summed E-state index contributed by atoms with van der Waals surface area (Å²) in [5.74, 6) is -1.73. The molecule has 0 saturated heterocycles. The number of hydrogen-bond donors (Lipinski definition) is 2. The molecule has 0 spiro atoms. The minimum Gasteiger partial charge on any atom is -0.448 e. The van der Waals surface area contributed by atoms with Gasteiger partial charge in [0.05, 0.1) is 0 Å². The molecule has 0 bridgehead atoms. The molecule has 3 aromatic rings. The van der Waals surface area contributed by atoms with Crippen LogP contribution in [0, 0.1) is 6.92 Å². The number of benzene rings is 2. The van der Waals surface area contributed by atoms with Crippen LogP contribution < -0.4 is 11.1 Å². The van der Waals surface area contributed by atoms with Crippen molar-refractivity contribution < 1.29 is 19.1 Å². The summed E-state index contributed by atoms with van der Waals surface area (Å²) in [6.07, 6.45) is -1.03. The fourth-order valence-corrected chi connectivity index (χ4v) is 3.23. The van der Waals surface area contributed by atoms with Crippen LogP contribution in [0.4, 0.5) is 5.69 Å². The lowest BCUT2D eigenvalue weighted by atomic mass is 10.2. The Balaban J connectivity index is 1.60. The van der Waals surface area contributed by atoms with E-state index in [2.05, 4.69) is 10.3 Å². The van der Waals surface area contributed by atoms with E-state index in [1.165, 1.54) is 30.4 Å². The average Bonchev–Trinajstić information content (AvgIpc) is 3.19. The number of aromatic nitrogens is 1. The largest absolute Gasteiger partial charge is 0.448 e. The minimum atomic E-state index is -1.03. The molecule has 0 unspecified atom stereocenters. The van der Waals surface area contributed by atoms with Gasteiger partial charge in [0.2, 0.25) is 5.91 Å². The second-order valence-corrected chi connectivity index (χ2v) is 7.24. The number of carbonyl (C=O) groups excluding carboxylic acids is 3. The first kappa shape index (κ1) is 20.2. The number of aryl methyl sites for hydroxylation is 1. The van der Waals surface area contributed by atoms with Gasteiger partial charge in [0, 0.05) is 22.2 Å². The van der Waals surface area contributed by atoms with Crippen molar-refractivity contribution in [3.8, 4) is 10.6 Å². The zero-order valence-electron chi connectivity index (χ0n) is 15.8. The third kappa shape index (κ3) is 5.05. The Morgan fingerprint density at radius 3 is 2.34 bits per heavy atom. The molecule has 0 aliphatic heterocycles. The van der Waals surface area contributed by atoms with Crippen LogP contribution in [0.5, 0.6) is 0 Å². The van der Waals surface area contributed by atoms with Gasteiger partial charge in [-0.1, -0.05) is 29.8 Å². The molecule has 7 nitrogen and oxygen atoms in total. The summed E-state index contributed by atoms with van der Waals surface area (Å²) in [5.41, 5.74) is 8.16. The van der Waals surface area contributed by atoms with Gasteiger partial charge >= 0.3 is 5.97 Å². The molecule has 0 radical (unpaired) electrons. The summed E-state index contributed by atoms with van der Waals surface area (Å²) in [6, 6.07) is 13.9. The van der Waals surface area contributed by atoms with Crippen LogP contribution in [-0.2, 0) is 9.53 Å². The number of anilines is 1. The topological polar surface area (TPSA) is 111 Å². The van der Waals surface area contributed by atoms with Crippen molar-refractivity contribution in [3.63, 3.8) is 0 Å². The van der Waals surface area contributed by atoms with E-state index >= 15 is 0 Å². The number of nitrogens with zero attached hydrogens (tertiary/aromatic N) is 1. The molecule has 1 heterocycles. The van der Waals surface area contributed by atoms with E-state index in [-0.39, 0.29) is 5.69 Å². The molecule has 0 saturated carbocycles. The van der Waals surface area contributed by atoms with Gasteiger partial charge in [0.25, 0.3) is 5.91 Å². The van der Waals surface area contributed by atoms with Crippen LogP contribution >= 0.6 is 11.3 Å². The van der Waals surface area contributed by atoms with Gasteiger partial charge in [0.1, 0.15) is 5.01 Å². The van der Waals surface area contributed by atoms with Crippen molar-refractivity contribution in [2.45, 2.75) is 20.0 Å². The van der Waals surface area contributed by atoms with E-state index < -0.39 is 23.9 Å². The Bertz CT molecular complexity index is 1040. The van der Waals surface area contributed by atoms with E-state index in [4.69, 9.17) is 10.5 Å². The maximum Gasteiger partial charge on any atom is 0.358 e. The number of esters is 1. The van der Waals surface area contributed by atoms with Crippen LogP contribution in [0.1, 0.15) is 33.3 Å². The summed E-state index contributed by atoms with van der Waals surface area (Å²) < 4.78 is 5.22. The van der Waals surface area contributed by atoms with Crippen molar-refractivity contribution in [3.05, 3.63) is 70.7 Å². The Kier molecular flexibility index (Phi) is 6.04. The zero-order chi connectivity index (χ0) is 21.0. The van der Waals surface area contributed by atoms with Crippen molar-refractivity contribution in [1.82, 2.24) is 4.98 Å². The van der Waals surface area contributed by atoms with Crippen LogP contribution in [0.25, 0.3) is 10.6 Å². The standard InChI is InChI=1S/C21H19N3O4S/c1-12-3-5-15(6-4-12)20-24-17(11-29-20)21(27)28-13(2)19(26)23-16-9-7-14(8-10-16)18(22)25/h3-11,13H,1-2H3,(H2,22,25)(H,23,26)/t13-/m1/s1. The maximum absolute atomic E-state index is 12.3. The van der Waals surface area contributed by atoms with Crippen molar-refractivity contribution in [2.24, 2.45) is 5.73 Å². The van der Waals surface area contributed by atoms with E-state index in [0.717, 1.165) is 11.1 Å². The van der Waals surface area contributed by atoms with Crippen molar-refractivity contribution >= 4 is 34.8 Å². The molecule has 3 N–H and O–H groups in total. The summed E-state index contributed by atoms with van der Waals surface area (Å²) >= 11 is 1.33. The molecule has 148 valence electrons. The Morgan fingerprint density at radius 1 is 1.07 bits per heavy atom. The van der Waals surface area contributed by atoms with Crippen LogP contribution in [-0.4, -0.2) is 28.9 Å². The lowest BCUT2D eigenvalue weighted by Gasteiger charge is -2.13. The number of carbonyl (C=O) groups is 3. The second-order valence-electron chi connectivity index (χ2n) is 6.38. The number of primary amides is 1. The van der Waals surface area contributed by atoms with Gasteiger partial charge in [-0.05, 0) is 38.1 Å². The van der Waals surface area contributed by atoms with Gasteiger partial charge in [-0.25, -0.2) is 9.78 Å². The fourth-order valence-electron chi connectivity index (χ4n) is 2.43. The maximum atomic E-state index is 12.3. The molecule has 0 aliphatic rings. The SMILES string of the molecule is Cc1ccc(-c2nc(C(=O)O[C@H](C)C(=O)Nc3ccc(C(N)=O)cc3)cs2)cc1. The Morgan fingerprint density at radius 2 is 1.72 bits per heavy atom. The quantitative estimate of drug-likeness (QED) is 0.606. The first-order valence-corrected chi connectivity index (χ1v) is 9.66.